The van der Waals surface area contributed by atoms with Crippen molar-refractivity contribution in [2.75, 3.05) is 0 Å². The predicted molar refractivity (Wildman–Crippen MR) is 61.2 cm³/mol. The Kier molecular flexibility index (Phi) is 2.46. The van der Waals surface area contributed by atoms with Crippen LogP contribution in [0.2, 0.25) is 0 Å². The summed E-state index contributed by atoms with van der Waals surface area (Å²) in [5.41, 5.74) is -2.29. The Morgan fingerprint density at radius 2 is 1.16 bits per heavy atom. The third kappa shape index (κ3) is 1.23. The van der Waals surface area contributed by atoms with Crippen molar-refractivity contribution in [1.82, 2.24) is 0 Å². The van der Waals surface area contributed by atoms with E-state index >= 15 is 0 Å². The van der Waals surface area contributed by atoms with Crippen LogP contribution in [0, 0.1) is 67.5 Å². The van der Waals surface area contributed by atoms with Crippen molar-refractivity contribution < 1.29 is 0 Å². The molecule has 0 aromatic heterocycles. The molecule has 0 heterocycles. The van der Waals surface area contributed by atoms with Gasteiger partial charge in [0.05, 0.1) is 41.8 Å². The van der Waals surface area contributed by atoms with Gasteiger partial charge in [-0.3, -0.25) is 0 Å². The van der Waals surface area contributed by atoms with E-state index in [1.807, 2.05) is 6.07 Å². The summed E-state index contributed by atoms with van der Waals surface area (Å²) in [6.07, 6.45) is 0. The summed E-state index contributed by atoms with van der Waals surface area (Å²) in [6.45, 7) is 0. The molecular weight excluding hydrogens is 238 g/mol. The van der Waals surface area contributed by atoms with E-state index in [1.165, 1.54) is 12.1 Å². The molecule has 0 amide bonds. The second kappa shape index (κ2) is 3.85. The quantitative estimate of drug-likeness (QED) is 0.743. The van der Waals surface area contributed by atoms with Crippen molar-refractivity contribution in [3.8, 4) is 30.3 Å². The Hall–Kier alpha value is -3.33. The number of nitriles is 5. The molecule has 86 valence electrons. The zero-order valence-electron chi connectivity index (χ0n) is 9.62. The van der Waals surface area contributed by atoms with Gasteiger partial charge in [-0.2, -0.15) is 26.3 Å². The fraction of sp³-hybridized carbons (Fsp3) is 0.214. The highest BCUT2D eigenvalue weighted by Gasteiger charge is 2.81. The van der Waals surface area contributed by atoms with Crippen molar-refractivity contribution in [2.45, 2.75) is 5.92 Å². The van der Waals surface area contributed by atoms with Crippen LogP contribution >= 0.6 is 0 Å². The number of rotatable bonds is 1. The van der Waals surface area contributed by atoms with Crippen LogP contribution in [0.1, 0.15) is 17.0 Å². The van der Waals surface area contributed by atoms with Crippen LogP contribution in [-0.2, 0) is 0 Å². The standard InChI is InChI=1S/C14H5N5/c15-5-10-1-3-11(4-2-10)12-13(6-16,7-17)14(12,8-18)9-19/h1-4,12H. The fourth-order valence-electron chi connectivity index (χ4n) is 2.39. The van der Waals surface area contributed by atoms with Gasteiger partial charge in [0.2, 0.25) is 0 Å². The SMILES string of the molecule is N#Cc1ccc(C2C(C#N)(C#N)C2(C#N)C#N)cc1. The second-order valence-corrected chi connectivity index (χ2v) is 4.23. The van der Waals surface area contributed by atoms with Gasteiger partial charge < -0.3 is 0 Å². The van der Waals surface area contributed by atoms with Crippen LogP contribution in [0.25, 0.3) is 0 Å². The molecule has 0 N–H and O–H groups in total. The summed E-state index contributed by atoms with van der Waals surface area (Å²) in [6, 6.07) is 15.4. The summed E-state index contributed by atoms with van der Waals surface area (Å²) in [4.78, 5) is 0. The van der Waals surface area contributed by atoms with Crippen LogP contribution in [0.4, 0.5) is 0 Å². The third-order valence-electron chi connectivity index (χ3n) is 3.48. The summed E-state index contributed by atoms with van der Waals surface area (Å²) in [5.74, 6) is -0.766. The minimum atomic E-state index is -1.63. The molecule has 1 aliphatic rings. The van der Waals surface area contributed by atoms with E-state index in [4.69, 9.17) is 26.3 Å². The minimum Gasteiger partial charge on any atom is -0.196 e. The molecule has 0 unspecified atom stereocenters. The van der Waals surface area contributed by atoms with Crippen LogP contribution in [0.3, 0.4) is 0 Å². The van der Waals surface area contributed by atoms with E-state index in [-0.39, 0.29) is 0 Å². The lowest BCUT2D eigenvalue weighted by molar-refractivity contribution is 0.727. The Morgan fingerprint density at radius 1 is 0.737 bits per heavy atom. The van der Waals surface area contributed by atoms with Crippen LogP contribution in [0.15, 0.2) is 24.3 Å². The molecule has 1 aromatic carbocycles. The number of nitrogens with zero attached hydrogens (tertiary/aromatic N) is 5. The lowest BCUT2D eigenvalue weighted by atomic mass is 9.98. The third-order valence-corrected chi connectivity index (χ3v) is 3.48. The molecular formula is C14H5N5. The molecule has 2 rings (SSSR count). The molecule has 0 saturated heterocycles. The molecule has 5 nitrogen and oxygen atoms in total. The monoisotopic (exact) mass is 243 g/mol. The largest absolute Gasteiger partial charge is 0.196 e. The molecule has 0 radical (unpaired) electrons. The summed E-state index contributed by atoms with van der Waals surface area (Å²) < 4.78 is 0. The van der Waals surface area contributed by atoms with Crippen molar-refractivity contribution in [1.29, 1.82) is 26.3 Å². The maximum absolute atomic E-state index is 9.16. The lowest BCUT2D eigenvalue weighted by Crippen LogP contribution is -2.05. The molecule has 0 spiro atoms. The zero-order chi connectivity index (χ0) is 14.1. The average Bonchev–Trinajstić information content (AvgIpc) is 3.10. The molecule has 1 aliphatic carbocycles. The van der Waals surface area contributed by atoms with Gasteiger partial charge in [0, 0.05) is 0 Å². The van der Waals surface area contributed by atoms with E-state index in [2.05, 4.69) is 0 Å². The van der Waals surface area contributed by atoms with Crippen molar-refractivity contribution in [2.24, 2.45) is 10.8 Å². The first-order chi connectivity index (χ1) is 9.15. The molecule has 0 aliphatic heterocycles. The van der Waals surface area contributed by atoms with E-state index < -0.39 is 16.7 Å². The zero-order valence-corrected chi connectivity index (χ0v) is 9.62. The minimum absolute atomic E-state index is 0.434. The van der Waals surface area contributed by atoms with Gasteiger partial charge in [-0.05, 0) is 17.7 Å². The average molecular weight is 243 g/mol. The van der Waals surface area contributed by atoms with Gasteiger partial charge in [-0.25, -0.2) is 0 Å². The molecule has 1 fully saturated rings. The van der Waals surface area contributed by atoms with Gasteiger partial charge in [0.15, 0.2) is 10.8 Å². The molecule has 1 aromatic rings. The van der Waals surface area contributed by atoms with Crippen LogP contribution in [0.5, 0.6) is 0 Å². The van der Waals surface area contributed by atoms with Crippen LogP contribution < -0.4 is 0 Å². The normalized spacial score (nSPS) is 17.8. The molecule has 1 saturated carbocycles. The maximum atomic E-state index is 9.16. The Balaban J connectivity index is 2.56. The smallest absolute Gasteiger partial charge is 0.185 e. The Labute approximate surface area is 109 Å². The van der Waals surface area contributed by atoms with Crippen molar-refractivity contribution >= 4 is 0 Å². The highest BCUT2D eigenvalue weighted by molar-refractivity contribution is 5.59. The second-order valence-electron chi connectivity index (χ2n) is 4.23. The number of hydrogen-bond acceptors (Lipinski definition) is 5. The Bertz CT molecular complexity index is 674. The van der Waals surface area contributed by atoms with E-state index in [9.17, 15) is 0 Å². The maximum Gasteiger partial charge on any atom is 0.185 e. The van der Waals surface area contributed by atoms with Crippen molar-refractivity contribution in [3.63, 3.8) is 0 Å². The summed E-state index contributed by atoms with van der Waals surface area (Å²) >= 11 is 0. The van der Waals surface area contributed by atoms with Gasteiger partial charge in [0.1, 0.15) is 0 Å². The lowest BCUT2D eigenvalue weighted by Gasteiger charge is -1.98. The molecule has 5 heteroatoms. The first-order valence-electron chi connectivity index (χ1n) is 5.31. The van der Waals surface area contributed by atoms with Gasteiger partial charge in [0.25, 0.3) is 0 Å². The van der Waals surface area contributed by atoms with E-state index in [0.29, 0.717) is 11.1 Å². The first-order valence-corrected chi connectivity index (χ1v) is 5.31. The highest BCUT2D eigenvalue weighted by atomic mass is 14.8. The summed E-state index contributed by atoms with van der Waals surface area (Å²) in [7, 11) is 0. The fourth-order valence-corrected chi connectivity index (χ4v) is 2.39. The first kappa shape index (κ1) is 12.1. The summed E-state index contributed by atoms with van der Waals surface area (Å²) in [5, 5.41) is 45.4. The van der Waals surface area contributed by atoms with E-state index in [1.54, 1.807) is 36.4 Å². The highest BCUT2D eigenvalue weighted by Crippen LogP contribution is 2.73. The predicted octanol–water partition coefficient (Wildman–Crippen LogP) is 1.72. The van der Waals surface area contributed by atoms with Crippen molar-refractivity contribution in [3.05, 3.63) is 35.4 Å². The van der Waals surface area contributed by atoms with Gasteiger partial charge >= 0.3 is 0 Å². The molecule has 0 atom stereocenters. The molecule has 19 heavy (non-hydrogen) atoms. The van der Waals surface area contributed by atoms with Crippen LogP contribution in [-0.4, -0.2) is 0 Å². The Morgan fingerprint density at radius 3 is 1.47 bits per heavy atom. The van der Waals surface area contributed by atoms with Gasteiger partial charge in [-0.1, -0.05) is 12.1 Å². The number of benzene rings is 1. The van der Waals surface area contributed by atoms with Gasteiger partial charge in [-0.15, -0.1) is 0 Å². The van der Waals surface area contributed by atoms with E-state index in [0.717, 1.165) is 0 Å². The topological polar surface area (TPSA) is 119 Å². The number of hydrogen-bond donors (Lipinski definition) is 0. The molecule has 0 bridgehead atoms.